The summed E-state index contributed by atoms with van der Waals surface area (Å²) in [5.41, 5.74) is 4.36. The van der Waals surface area contributed by atoms with Crippen LogP contribution in [0.5, 0.6) is 5.75 Å². The molecule has 0 bridgehead atoms. The molecule has 138 valence electrons. The molecule has 4 rings (SSSR count). The monoisotopic (exact) mass is 381 g/mol. The van der Waals surface area contributed by atoms with E-state index in [2.05, 4.69) is 22.5 Å². The molecule has 1 atom stereocenters. The first kappa shape index (κ1) is 17.6. The van der Waals surface area contributed by atoms with E-state index in [1.165, 1.54) is 0 Å². The van der Waals surface area contributed by atoms with Crippen molar-refractivity contribution in [1.29, 1.82) is 0 Å². The van der Waals surface area contributed by atoms with Gasteiger partial charge in [0.15, 0.2) is 5.69 Å². The van der Waals surface area contributed by atoms with Crippen LogP contribution in [0.1, 0.15) is 39.6 Å². The molecule has 5 nitrogen and oxygen atoms in total. The summed E-state index contributed by atoms with van der Waals surface area (Å²) in [7, 11) is 0. The lowest BCUT2D eigenvalue weighted by atomic mass is 9.95. The third-order valence-electron chi connectivity index (χ3n) is 4.70. The summed E-state index contributed by atoms with van der Waals surface area (Å²) in [6.07, 6.45) is 2.47. The highest BCUT2D eigenvalue weighted by molar-refractivity contribution is 6.32. The molecule has 0 saturated carbocycles. The van der Waals surface area contributed by atoms with E-state index in [-0.39, 0.29) is 11.9 Å². The fraction of sp³-hybridized carbons (Fsp3) is 0.238. The fourth-order valence-corrected chi connectivity index (χ4v) is 3.70. The van der Waals surface area contributed by atoms with Gasteiger partial charge in [-0.05, 0) is 37.6 Å². The van der Waals surface area contributed by atoms with E-state index in [1.807, 2.05) is 32.0 Å². The Bertz CT molecular complexity index is 1010. The Kier molecular flexibility index (Phi) is 4.62. The van der Waals surface area contributed by atoms with Crippen molar-refractivity contribution in [3.63, 3.8) is 0 Å². The lowest BCUT2D eigenvalue weighted by Gasteiger charge is -2.28. The first-order chi connectivity index (χ1) is 13.0. The number of para-hydroxylation sites is 1. The fourth-order valence-electron chi connectivity index (χ4n) is 3.48. The van der Waals surface area contributed by atoms with Crippen LogP contribution in [0.25, 0.3) is 5.69 Å². The molecule has 0 radical (unpaired) electrons. The van der Waals surface area contributed by atoms with Gasteiger partial charge in [0.2, 0.25) is 0 Å². The summed E-state index contributed by atoms with van der Waals surface area (Å²) < 4.78 is 7.43. The van der Waals surface area contributed by atoms with Gasteiger partial charge in [-0.3, -0.25) is 4.79 Å². The quantitative estimate of drug-likeness (QED) is 0.731. The number of carbonyl (C=O) groups is 1. The van der Waals surface area contributed by atoms with Crippen molar-refractivity contribution in [2.45, 2.75) is 26.3 Å². The highest BCUT2D eigenvalue weighted by Gasteiger charge is 2.25. The average Bonchev–Trinajstić information content (AvgIpc) is 3.13. The van der Waals surface area contributed by atoms with E-state index in [9.17, 15) is 4.79 Å². The molecule has 2 aromatic carbocycles. The van der Waals surface area contributed by atoms with Gasteiger partial charge in [-0.15, -0.1) is 0 Å². The van der Waals surface area contributed by atoms with Gasteiger partial charge in [0.1, 0.15) is 5.75 Å². The molecule has 1 unspecified atom stereocenters. The number of amides is 1. The molecule has 27 heavy (non-hydrogen) atoms. The molecule has 3 aromatic rings. The molecular weight excluding hydrogens is 362 g/mol. The van der Waals surface area contributed by atoms with E-state index in [0.29, 0.717) is 17.3 Å². The van der Waals surface area contributed by atoms with Crippen LogP contribution in [0, 0.1) is 13.8 Å². The van der Waals surface area contributed by atoms with Crippen LogP contribution < -0.4 is 10.1 Å². The summed E-state index contributed by atoms with van der Waals surface area (Å²) in [5.74, 6) is 0.663. The summed E-state index contributed by atoms with van der Waals surface area (Å²) in [6.45, 7) is 4.66. The zero-order valence-corrected chi connectivity index (χ0v) is 16.0. The number of hydrogen-bond acceptors (Lipinski definition) is 3. The standard InChI is InChI=1S/C21H20ClN3O2/c1-13-11-14(2)20-15(12-13)17(8-10-27-20)23-21(26)18-7-9-25(24-18)19-6-4-3-5-16(19)22/h3-7,9,11-12,17H,8,10H2,1-2H3,(H,23,26). The maximum atomic E-state index is 12.8. The second-order valence-corrected chi connectivity index (χ2v) is 7.17. The van der Waals surface area contributed by atoms with E-state index >= 15 is 0 Å². The minimum atomic E-state index is -0.210. The second kappa shape index (κ2) is 7.08. The lowest BCUT2D eigenvalue weighted by Crippen LogP contribution is -2.32. The number of nitrogens with zero attached hydrogens (tertiary/aromatic N) is 2. The number of nitrogens with one attached hydrogen (secondary N) is 1. The Morgan fingerprint density at radius 2 is 2.07 bits per heavy atom. The van der Waals surface area contributed by atoms with Gasteiger partial charge in [0.05, 0.1) is 23.4 Å². The molecule has 1 amide bonds. The number of aromatic nitrogens is 2. The summed E-state index contributed by atoms with van der Waals surface area (Å²) >= 11 is 6.21. The minimum Gasteiger partial charge on any atom is -0.493 e. The molecule has 0 aliphatic carbocycles. The zero-order chi connectivity index (χ0) is 19.0. The van der Waals surface area contributed by atoms with Crippen LogP contribution in [0.2, 0.25) is 5.02 Å². The summed E-state index contributed by atoms with van der Waals surface area (Å²) in [5, 5.41) is 8.06. The third kappa shape index (κ3) is 3.43. The lowest BCUT2D eigenvalue weighted by molar-refractivity contribution is 0.0919. The average molecular weight is 382 g/mol. The van der Waals surface area contributed by atoms with Crippen molar-refractivity contribution in [3.8, 4) is 11.4 Å². The predicted molar refractivity (Wildman–Crippen MR) is 105 cm³/mol. The molecule has 0 saturated heterocycles. The number of fused-ring (bicyclic) bond motifs is 1. The molecule has 1 aliphatic rings. The highest BCUT2D eigenvalue weighted by atomic mass is 35.5. The Morgan fingerprint density at radius 3 is 2.89 bits per heavy atom. The topological polar surface area (TPSA) is 56.2 Å². The van der Waals surface area contributed by atoms with Gasteiger partial charge in [-0.1, -0.05) is 41.4 Å². The predicted octanol–water partition coefficient (Wildman–Crippen LogP) is 4.40. The Balaban J connectivity index is 1.57. The maximum absolute atomic E-state index is 12.8. The van der Waals surface area contributed by atoms with Crippen LogP contribution in [0.3, 0.4) is 0 Å². The molecule has 0 fully saturated rings. The highest BCUT2D eigenvalue weighted by Crippen LogP contribution is 2.35. The number of aryl methyl sites for hydroxylation is 2. The zero-order valence-electron chi connectivity index (χ0n) is 15.2. The number of carbonyl (C=O) groups excluding carboxylic acids is 1. The van der Waals surface area contributed by atoms with Gasteiger partial charge in [0, 0.05) is 18.2 Å². The van der Waals surface area contributed by atoms with E-state index in [4.69, 9.17) is 16.3 Å². The third-order valence-corrected chi connectivity index (χ3v) is 5.02. The van der Waals surface area contributed by atoms with E-state index in [0.717, 1.165) is 34.5 Å². The summed E-state index contributed by atoms with van der Waals surface area (Å²) in [4.78, 5) is 12.8. The van der Waals surface area contributed by atoms with Crippen molar-refractivity contribution in [1.82, 2.24) is 15.1 Å². The second-order valence-electron chi connectivity index (χ2n) is 6.76. The first-order valence-corrected chi connectivity index (χ1v) is 9.26. The number of rotatable bonds is 3. The van der Waals surface area contributed by atoms with Crippen molar-refractivity contribution in [3.05, 3.63) is 76.1 Å². The van der Waals surface area contributed by atoms with Crippen molar-refractivity contribution in [2.24, 2.45) is 0 Å². The Morgan fingerprint density at radius 1 is 1.26 bits per heavy atom. The smallest absolute Gasteiger partial charge is 0.272 e. The van der Waals surface area contributed by atoms with Crippen molar-refractivity contribution in [2.75, 3.05) is 6.61 Å². The molecule has 6 heteroatoms. The Hall–Kier alpha value is -2.79. The van der Waals surface area contributed by atoms with E-state index in [1.54, 1.807) is 23.0 Å². The van der Waals surface area contributed by atoms with Gasteiger partial charge in [-0.25, -0.2) is 4.68 Å². The molecule has 2 heterocycles. The van der Waals surface area contributed by atoms with Gasteiger partial charge >= 0.3 is 0 Å². The normalized spacial score (nSPS) is 15.7. The van der Waals surface area contributed by atoms with Crippen LogP contribution in [-0.2, 0) is 0 Å². The molecule has 1 aromatic heterocycles. The number of halogens is 1. The largest absolute Gasteiger partial charge is 0.493 e. The van der Waals surface area contributed by atoms with Gasteiger partial charge in [-0.2, -0.15) is 5.10 Å². The van der Waals surface area contributed by atoms with Crippen LogP contribution in [0.4, 0.5) is 0 Å². The van der Waals surface area contributed by atoms with Crippen molar-refractivity contribution < 1.29 is 9.53 Å². The van der Waals surface area contributed by atoms with Gasteiger partial charge < -0.3 is 10.1 Å². The van der Waals surface area contributed by atoms with Crippen LogP contribution in [0.15, 0.2) is 48.7 Å². The number of ether oxygens (including phenoxy) is 1. The van der Waals surface area contributed by atoms with Gasteiger partial charge in [0.25, 0.3) is 5.91 Å². The summed E-state index contributed by atoms with van der Waals surface area (Å²) in [6, 6.07) is 13.2. The molecule has 1 N–H and O–H groups in total. The molecular formula is C21H20ClN3O2. The minimum absolute atomic E-state index is 0.0923. The maximum Gasteiger partial charge on any atom is 0.272 e. The molecule has 0 spiro atoms. The first-order valence-electron chi connectivity index (χ1n) is 8.88. The number of hydrogen-bond donors (Lipinski definition) is 1. The van der Waals surface area contributed by atoms with Crippen LogP contribution in [-0.4, -0.2) is 22.3 Å². The van der Waals surface area contributed by atoms with Crippen LogP contribution >= 0.6 is 11.6 Å². The van der Waals surface area contributed by atoms with Crippen molar-refractivity contribution >= 4 is 17.5 Å². The SMILES string of the molecule is Cc1cc(C)c2c(c1)C(NC(=O)c1ccn(-c3ccccc3Cl)n1)CCO2. The number of benzene rings is 2. The Labute approximate surface area is 162 Å². The molecule has 1 aliphatic heterocycles. The van der Waals surface area contributed by atoms with E-state index < -0.39 is 0 Å².